The molecule has 0 saturated carbocycles. The Balaban J connectivity index is 0.00000280. The fraction of sp³-hybridized carbons (Fsp3) is 0.300. The number of rotatable bonds is 5. The molecule has 2 amide bonds. The zero-order valence-corrected chi connectivity index (χ0v) is 17.0. The summed E-state index contributed by atoms with van der Waals surface area (Å²) in [6.07, 6.45) is 0. The first kappa shape index (κ1) is 22.0. The number of halogens is 2. The Morgan fingerprint density at radius 3 is 2.14 bits per heavy atom. The molecule has 3 rings (SSSR count). The number of carbonyl (C=O) groups excluding carboxylic acids is 2. The van der Waals surface area contributed by atoms with Crippen molar-refractivity contribution in [2.45, 2.75) is 6.54 Å². The first-order chi connectivity index (χ1) is 13.1. The predicted octanol–water partition coefficient (Wildman–Crippen LogP) is 2.30. The van der Waals surface area contributed by atoms with Crippen LogP contribution in [-0.4, -0.2) is 49.4 Å². The van der Waals surface area contributed by atoms with E-state index >= 15 is 0 Å². The molecule has 1 aliphatic rings. The Labute approximate surface area is 176 Å². The molecular formula is C20H24Cl2N4O2. The fourth-order valence-corrected chi connectivity index (χ4v) is 3.15. The van der Waals surface area contributed by atoms with E-state index in [1.807, 2.05) is 36.4 Å². The second-order valence-corrected chi connectivity index (χ2v) is 6.86. The molecule has 0 aliphatic carbocycles. The van der Waals surface area contributed by atoms with Crippen molar-refractivity contribution in [3.63, 3.8) is 0 Å². The van der Waals surface area contributed by atoms with Crippen LogP contribution < -0.4 is 16.0 Å². The van der Waals surface area contributed by atoms with Crippen molar-refractivity contribution in [2.24, 2.45) is 5.73 Å². The maximum absolute atomic E-state index is 12.4. The first-order valence-corrected chi connectivity index (χ1v) is 9.30. The van der Waals surface area contributed by atoms with Gasteiger partial charge in [-0.25, -0.2) is 0 Å². The number of nitrogens with one attached hydrogen (secondary N) is 1. The van der Waals surface area contributed by atoms with Gasteiger partial charge in [0.2, 0.25) is 5.91 Å². The highest BCUT2D eigenvalue weighted by molar-refractivity contribution is 6.30. The van der Waals surface area contributed by atoms with Crippen LogP contribution in [0.3, 0.4) is 0 Å². The normalized spacial score (nSPS) is 13.6. The van der Waals surface area contributed by atoms with Crippen LogP contribution in [-0.2, 0) is 11.3 Å². The molecule has 0 spiro atoms. The van der Waals surface area contributed by atoms with Gasteiger partial charge in [-0.05, 0) is 42.0 Å². The number of piperazine rings is 1. The van der Waals surface area contributed by atoms with Crippen molar-refractivity contribution in [3.05, 3.63) is 64.7 Å². The summed E-state index contributed by atoms with van der Waals surface area (Å²) in [5.41, 5.74) is 8.13. The Morgan fingerprint density at radius 2 is 1.57 bits per heavy atom. The van der Waals surface area contributed by atoms with Crippen molar-refractivity contribution in [1.82, 2.24) is 10.2 Å². The topological polar surface area (TPSA) is 78.7 Å². The molecule has 1 heterocycles. The number of hydrogen-bond acceptors (Lipinski definition) is 4. The van der Waals surface area contributed by atoms with E-state index < -0.39 is 0 Å². The molecule has 0 unspecified atom stereocenters. The van der Waals surface area contributed by atoms with Crippen LogP contribution in [0.1, 0.15) is 15.9 Å². The van der Waals surface area contributed by atoms with Gasteiger partial charge in [-0.1, -0.05) is 23.7 Å². The molecule has 28 heavy (non-hydrogen) atoms. The van der Waals surface area contributed by atoms with Crippen molar-refractivity contribution in [3.8, 4) is 0 Å². The number of benzene rings is 2. The molecule has 0 bridgehead atoms. The number of amides is 2. The average molecular weight is 423 g/mol. The number of hydrogen-bond donors (Lipinski definition) is 2. The summed E-state index contributed by atoms with van der Waals surface area (Å²) in [5.74, 6) is -0.329. The van der Waals surface area contributed by atoms with Crippen LogP contribution >= 0.6 is 24.0 Å². The van der Waals surface area contributed by atoms with Gasteiger partial charge >= 0.3 is 0 Å². The van der Waals surface area contributed by atoms with Gasteiger partial charge in [0.1, 0.15) is 0 Å². The molecular weight excluding hydrogens is 399 g/mol. The maximum Gasteiger partial charge on any atom is 0.251 e. The van der Waals surface area contributed by atoms with Crippen LogP contribution in [0.5, 0.6) is 0 Å². The zero-order chi connectivity index (χ0) is 19.2. The van der Waals surface area contributed by atoms with Gasteiger partial charge in [0.05, 0.1) is 6.54 Å². The largest absolute Gasteiger partial charge is 0.368 e. The molecule has 2 aromatic carbocycles. The summed E-state index contributed by atoms with van der Waals surface area (Å²) in [7, 11) is 0. The predicted molar refractivity (Wildman–Crippen MR) is 114 cm³/mol. The molecule has 8 heteroatoms. The maximum atomic E-state index is 12.4. The third-order valence-electron chi connectivity index (χ3n) is 4.68. The van der Waals surface area contributed by atoms with Gasteiger partial charge in [-0.15, -0.1) is 12.4 Å². The Bertz CT molecular complexity index is 789. The summed E-state index contributed by atoms with van der Waals surface area (Å²) >= 11 is 5.92. The molecule has 6 nitrogen and oxygen atoms in total. The van der Waals surface area contributed by atoms with E-state index in [4.69, 9.17) is 17.3 Å². The first-order valence-electron chi connectivity index (χ1n) is 8.92. The van der Waals surface area contributed by atoms with E-state index in [1.54, 1.807) is 17.0 Å². The van der Waals surface area contributed by atoms with E-state index in [9.17, 15) is 9.59 Å². The van der Waals surface area contributed by atoms with Crippen molar-refractivity contribution in [2.75, 3.05) is 37.6 Å². The van der Waals surface area contributed by atoms with Crippen LogP contribution in [0, 0.1) is 0 Å². The molecule has 0 atom stereocenters. The standard InChI is InChI=1S/C20H23ClN4O2.ClH/c21-17-5-7-18(8-6-17)24-9-11-25(12-10-24)19(26)14-23-20(27)16-3-1-15(13-22)2-4-16;/h1-8H,9-14,22H2,(H,23,27);1H. The van der Waals surface area contributed by atoms with E-state index in [-0.39, 0.29) is 30.8 Å². The Morgan fingerprint density at radius 1 is 0.964 bits per heavy atom. The summed E-state index contributed by atoms with van der Waals surface area (Å²) in [4.78, 5) is 28.5. The second kappa shape index (κ2) is 10.3. The highest BCUT2D eigenvalue weighted by atomic mass is 35.5. The van der Waals surface area contributed by atoms with E-state index in [0.717, 1.165) is 24.3 Å². The van der Waals surface area contributed by atoms with Gasteiger partial charge in [-0.2, -0.15) is 0 Å². The number of anilines is 1. The lowest BCUT2D eigenvalue weighted by Crippen LogP contribution is -2.51. The number of nitrogens with two attached hydrogens (primary N) is 1. The van der Waals surface area contributed by atoms with E-state index in [2.05, 4.69) is 10.2 Å². The monoisotopic (exact) mass is 422 g/mol. The van der Waals surface area contributed by atoms with Crippen molar-refractivity contribution >= 4 is 41.5 Å². The minimum Gasteiger partial charge on any atom is -0.368 e. The van der Waals surface area contributed by atoms with Crippen molar-refractivity contribution < 1.29 is 9.59 Å². The lowest BCUT2D eigenvalue weighted by Gasteiger charge is -2.36. The van der Waals surface area contributed by atoms with E-state index in [0.29, 0.717) is 30.2 Å². The number of nitrogens with zero attached hydrogens (tertiary/aromatic N) is 2. The third-order valence-corrected chi connectivity index (χ3v) is 4.93. The van der Waals surface area contributed by atoms with Crippen LogP contribution in [0.15, 0.2) is 48.5 Å². The average Bonchev–Trinajstić information content (AvgIpc) is 2.72. The smallest absolute Gasteiger partial charge is 0.251 e. The van der Waals surface area contributed by atoms with Gasteiger partial charge in [0.25, 0.3) is 5.91 Å². The summed E-state index contributed by atoms with van der Waals surface area (Å²) in [6.45, 7) is 3.19. The minimum atomic E-state index is -0.258. The highest BCUT2D eigenvalue weighted by Crippen LogP contribution is 2.19. The SMILES string of the molecule is Cl.NCc1ccc(C(=O)NCC(=O)N2CCN(c3ccc(Cl)cc3)CC2)cc1. The quantitative estimate of drug-likeness (QED) is 0.774. The molecule has 1 fully saturated rings. The molecule has 3 N–H and O–H groups in total. The van der Waals surface area contributed by atoms with Crippen LogP contribution in [0.2, 0.25) is 5.02 Å². The molecule has 1 saturated heterocycles. The minimum absolute atomic E-state index is 0. The van der Waals surface area contributed by atoms with E-state index in [1.165, 1.54) is 0 Å². The lowest BCUT2D eigenvalue weighted by atomic mass is 10.1. The van der Waals surface area contributed by atoms with Crippen LogP contribution in [0.25, 0.3) is 0 Å². The zero-order valence-electron chi connectivity index (χ0n) is 15.4. The Kier molecular flexibility index (Phi) is 8.11. The molecule has 2 aromatic rings. The number of carbonyl (C=O) groups is 2. The third kappa shape index (κ3) is 5.61. The lowest BCUT2D eigenvalue weighted by molar-refractivity contribution is -0.130. The van der Waals surface area contributed by atoms with Gasteiger partial charge in [0.15, 0.2) is 0 Å². The summed E-state index contributed by atoms with van der Waals surface area (Å²) < 4.78 is 0. The highest BCUT2D eigenvalue weighted by Gasteiger charge is 2.21. The van der Waals surface area contributed by atoms with Gasteiger partial charge in [0, 0.05) is 49.0 Å². The van der Waals surface area contributed by atoms with Gasteiger partial charge < -0.3 is 20.9 Å². The second-order valence-electron chi connectivity index (χ2n) is 6.43. The molecule has 150 valence electrons. The molecule has 0 radical (unpaired) electrons. The van der Waals surface area contributed by atoms with Crippen molar-refractivity contribution in [1.29, 1.82) is 0 Å². The van der Waals surface area contributed by atoms with Crippen LogP contribution in [0.4, 0.5) is 5.69 Å². The van der Waals surface area contributed by atoms with Gasteiger partial charge in [-0.3, -0.25) is 9.59 Å². The summed E-state index contributed by atoms with van der Waals surface area (Å²) in [6, 6.07) is 14.7. The molecule has 0 aromatic heterocycles. The fourth-order valence-electron chi connectivity index (χ4n) is 3.03. The molecule has 1 aliphatic heterocycles. The Hall–Kier alpha value is -2.28. The summed E-state index contributed by atoms with van der Waals surface area (Å²) in [5, 5.41) is 3.40.